The van der Waals surface area contributed by atoms with Gasteiger partial charge in [-0.3, -0.25) is 19.1 Å². The molecule has 1 aromatic heterocycles. The Kier molecular flexibility index (Phi) is 5.03. The van der Waals surface area contributed by atoms with E-state index >= 15 is 0 Å². The molecule has 9 nitrogen and oxygen atoms in total. The van der Waals surface area contributed by atoms with E-state index in [2.05, 4.69) is 20.1 Å². The first kappa shape index (κ1) is 17.4. The number of nitrogens with one attached hydrogen (secondary N) is 1. The minimum Gasteiger partial charge on any atom is -0.469 e. The van der Waals surface area contributed by atoms with Crippen LogP contribution in [0.2, 0.25) is 0 Å². The fraction of sp³-hybridized carbons (Fsp3) is 0.625. The lowest BCUT2D eigenvalue weighted by Gasteiger charge is -2.34. The van der Waals surface area contributed by atoms with Crippen LogP contribution in [0.1, 0.15) is 29.0 Å². The third-order valence-corrected chi connectivity index (χ3v) is 4.60. The van der Waals surface area contributed by atoms with Gasteiger partial charge in [-0.05, 0) is 19.5 Å². The number of aromatic nitrogens is 2. The van der Waals surface area contributed by atoms with Crippen molar-refractivity contribution in [3.8, 4) is 0 Å². The summed E-state index contributed by atoms with van der Waals surface area (Å²) in [6.45, 7) is 3.18. The summed E-state index contributed by atoms with van der Waals surface area (Å²) in [7, 11) is 3.30. The van der Waals surface area contributed by atoms with Gasteiger partial charge in [0.05, 0.1) is 19.2 Å². The quantitative estimate of drug-likeness (QED) is 0.720. The number of hydrogen-bond acceptors (Lipinski definition) is 6. The van der Waals surface area contributed by atoms with Gasteiger partial charge in [0.25, 0.3) is 5.91 Å². The number of amides is 2. The second kappa shape index (κ2) is 7.22. The Labute approximate surface area is 145 Å². The number of hydrogen-bond donors (Lipinski definition) is 1. The molecule has 1 fully saturated rings. The third kappa shape index (κ3) is 3.65. The lowest BCUT2D eigenvalue weighted by atomic mass is 10.1. The minimum absolute atomic E-state index is 0.162. The van der Waals surface area contributed by atoms with E-state index in [0.29, 0.717) is 18.8 Å². The summed E-state index contributed by atoms with van der Waals surface area (Å²) < 4.78 is 6.50. The van der Waals surface area contributed by atoms with Crippen LogP contribution < -0.4 is 5.32 Å². The molecule has 1 unspecified atom stereocenters. The highest BCUT2D eigenvalue weighted by atomic mass is 16.5. The fourth-order valence-corrected chi connectivity index (χ4v) is 3.28. The fourth-order valence-electron chi connectivity index (χ4n) is 3.28. The van der Waals surface area contributed by atoms with E-state index in [0.717, 1.165) is 31.7 Å². The van der Waals surface area contributed by atoms with E-state index in [1.807, 2.05) is 11.7 Å². The average molecular weight is 349 g/mol. The van der Waals surface area contributed by atoms with Crippen molar-refractivity contribution in [2.45, 2.75) is 32.0 Å². The molecule has 3 rings (SSSR count). The molecule has 1 N–H and O–H groups in total. The Balaban J connectivity index is 1.82. The first-order valence-corrected chi connectivity index (χ1v) is 8.40. The van der Waals surface area contributed by atoms with E-state index in [1.54, 1.807) is 6.07 Å². The van der Waals surface area contributed by atoms with Crippen LogP contribution in [-0.2, 0) is 27.4 Å². The summed E-state index contributed by atoms with van der Waals surface area (Å²) in [6.07, 6.45) is 0.806. The lowest BCUT2D eigenvalue weighted by molar-refractivity contribution is -0.145. The standard InChI is InChI=1S/C16H23N5O4/c1-19-5-3-6-21-11(10-19)8-12(18-21)16(24)20-7-4-17-15(23)13(20)9-14(22)25-2/h8,13H,3-7,9-10H2,1-2H3,(H,17,23). The van der Waals surface area contributed by atoms with Crippen molar-refractivity contribution >= 4 is 17.8 Å². The Hall–Kier alpha value is -2.42. The number of aryl methyl sites for hydroxylation is 1. The van der Waals surface area contributed by atoms with E-state index in [9.17, 15) is 14.4 Å². The topological polar surface area (TPSA) is 96.8 Å². The molecule has 3 heterocycles. The summed E-state index contributed by atoms with van der Waals surface area (Å²) in [4.78, 5) is 40.2. The molecule has 2 aliphatic rings. The maximum Gasteiger partial charge on any atom is 0.308 e. The van der Waals surface area contributed by atoms with Crippen LogP contribution >= 0.6 is 0 Å². The molecule has 136 valence electrons. The maximum absolute atomic E-state index is 12.9. The second-order valence-corrected chi connectivity index (χ2v) is 6.42. The van der Waals surface area contributed by atoms with Crippen LogP contribution in [0.25, 0.3) is 0 Å². The van der Waals surface area contributed by atoms with Crippen LogP contribution in [0.4, 0.5) is 0 Å². The predicted octanol–water partition coefficient (Wildman–Crippen LogP) is -0.778. The number of piperazine rings is 1. The summed E-state index contributed by atoms with van der Waals surface area (Å²) in [5.74, 6) is -1.19. The number of carbonyl (C=O) groups excluding carboxylic acids is 3. The predicted molar refractivity (Wildman–Crippen MR) is 87.6 cm³/mol. The lowest BCUT2D eigenvalue weighted by Crippen LogP contribution is -2.57. The molecule has 0 saturated carbocycles. The van der Waals surface area contributed by atoms with Crippen LogP contribution in [0.15, 0.2) is 6.07 Å². The monoisotopic (exact) mass is 349 g/mol. The van der Waals surface area contributed by atoms with Crippen molar-refractivity contribution in [2.75, 3.05) is 33.8 Å². The first-order chi connectivity index (χ1) is 12.0. The van der Waals surface area contributed by atoms with E-state index in [1.165, 1.54) is 12.0 Å². The van der Waals surface area contributed by atoms with Crippen LogP contribution in [0, 0.1) is 0 Å². The molecule has 0 spiro atoms. The zero-order chi connectivity index (χ0) is 18.0. The zero-order valence-corrected chi connectivity index (χ0v) is 14.5. The van der Waals surface area contributed by atoms with Gasteiger partial charge < -0.3 is 19.9 Å². The summed E-state index contributed by atoms with van der Waals surface area (Å²) in [5.41, 5.74) is 1.30. The van der Waals surface area contributed by atoms with Gasteiger partial charge in [0.2, 0.25) is 5.91 Å². The van der Waals surface area contributed by atoms with Gasteiger partial charge in [-0.1, -0.05) is 0 Å². The van der Waals surface area contributed by atoms with E-state index < -0.39 is 12.0 Å². The molecule has 2 aliphatic heterocycles. The largest absolute Gasteiger partial charge is 0.469 e. The zero-order valence-electron chi connectivity index (χ0n) is 14.5. The minimum atomic E-state index is -0.863. The van der Waals surface area contributed by atoms with Gasteiger partial charge in [0.15, 0.2) is 5.69 Å². The van der Waals surface area contributed by atoms with Crippen LogP contribution in [0.5, 0.6) is 0 Å². The molecule has 9 heteroatoms. The van der Waals surface area contributed by atoms with Gasteiger partial charge in [0.1, 0.15) is 6.04 Å². The van der Waals surface area contributed by atoms with Gasteiger partial charge in [-0.2, -0.15) is 5.10 Å². The maximum atomic E-state index is 12.9. The van der Waals surface area contributed by atoms with Gasteiger partial charge in [-0.15, -0.1) is 0 Å². The van der Waals surface area contributed by atoms with Gasteiger partial charge >= 0.3 is 5.97 Å². The number of methoxy groups -OCH3 is 1. The average Bonchev–Trinajstić information content (AvgIpc) is 2.90. The highest BCUT2D eigenvalue weighted by molar-refractivity contribution is 5.98. The van der Waals surface area contributed by atoms with Crippen LogP contribution in [0.3, 0.4) is 0 Å². The molecule has 0 aromatic carbocycles. The van der Waals surface area contributed by atoms with Crippen molar-refractivity contribution in [1.29, 1.82) is 0 Å². The molecule has 2 amide bonds. The molecular formula is C16H23N5O4. The molecule has 1 atom stereocenters. The van der Waals surface area contributed by atoms with Crippen molar-refractivity contribution in [3.05, 3.63) is 17.5 Å². The van der Waals surface area contributed by atoms with Gasteiger partial charge in [0, 0.05) is 32.7 Å². The van der Waals surface area contributed by atoms with Crippen molar-refractivity contribution in [1.82, 2.24) is 24.9 Å². The highest BCUT2D eigenvalue weighted by Gasteiger charge is 2.36. The van der Waals surface area contributed by atoms with Crippen molar-refractivity contribution in [3.63, 3.8) is 0 Å². The van der Waals surface area contributed by atoms with Crippen molar-refractivity contribution in [2.24, 2.45) is 0 Å². The highest BCUT2D eigenvalue weighted by Crippen LogP contribution is 2.17. The Morgan fingerprint density at radius 1 is 1.36 bits per heavy atom. The van der Waals surface area contributed by atoms with E-state index in [-0.39, 0.29) is 18.2 Å². The van der Waals surface area contributed by atoms with Gasteiger partial charge in [-0.25, -0.2) is 0 Å². The number of carbonyl (C=O) groups is 3. The molecular weight excluding hydrogens is 326 g/mol. The molecule has 0 bridgehead atoms. The smallest absolute Gasteiger partial charge is 0.308 e. The Morgan fingerprint density at radius 3 is 2.92 bits per heavy atom. The number of rotatable bonds is 3. The summed E-state index contributed by atoms with van der Waals surface area (Å²) >= 11 is 0. The number of esters is 1. The Bertz CT molecular complexity index is 686. The normalized spacial score (nSPS) is 21.3. The second-order valence-electron chi connectivity index (χ2n) is 6.42. The summed E-state index contributed by atoms with van der Waals surface area (Å²) in [5, 5.41) is 7.12. The number of nitrogens with zero attached hydrogens (tertiary/aromatic N) is 4. The SMILES string of the molecule is COC(=O)CC1C(=O)NCCN1C(=O)c1cc2n(n1)CCCN(C)C2. The molecule has 1 aromatic rings. The third-order valence-electron chi connectivity index (χ3n) is 4.60. The summed E-state index contributed by atoms with van der Waals surface area (Å²) in [6, 6.07) is 0.921. The number of ether oxygens (including phenoxy) is 1. The Morgan fingerprint density at radius 2 is 2.16 bits per heavy atom. The molecule has 25 heavy (non-hydrogen) atoms. The molecule has 1 saturated heterocycles. The first-order valence-electron chi connectivity index (χ1n) is 8.40. The van der Waals surface area contributed by atoms with E-state index in [4.69, 9.17) is 0 Å². The molecule has 0 radical (unpaired) electrons. The number of fused-ring (bicyclic) bond motifs is 1. The van der Waals surface area contributed by atoms with Crippen LogP contribution in [-0.4, -0.2) is 77.2 Å². The van der Waals surface area contributed by atoms with Crippen molar-refractivity contribution < 1.29 is 19.1 Å². The molecule has 0 aliphatic carbocycles.